The fraction of sp³-hybridized carbons (Fsp3) is 0.538. The van der Waals surface area contributed by atoms with Crippen LogP contribution in [0, 0.1) is 6.92 Å². The van der Waals surface area contributed by atoms with Crippen LogP contribution in [0.5, 0.6) is 0 Å². The number of hydrogen-bond acceptors (Lipinski definition) is 5. The summed E-state index contributed by atoms with van der Waals surface area (Å²) in [6, 6.07) is 2.75. The summed E-state index contributed by atoms with van der Waals surface area (Å²) in [7, 11) is 0. The molecule has 2 aromatic rings. The minimum Gasteiger partial charge on any atom is -0.461 e. The molecule has 0 bridgehead atoms. The highest BCUT2D eigenvalue weighted by Crippen LogP contribution is 2.27. The molecule has 4 nitrogen and oxygen atoms in total. The SMILES string of the molecule is Cc1ccoc1-c1nnc(CCCNC2CC2)s1. The molecule has 1 fully saturated rings. The van der Waals surface area contributed by atoms with Gasteiger partial charge in [-0.25, -0.2) is 0 Å². The van der Waals surface area contributed by atoms with Gasteiger partial charge in [0.15, 0.2) is 10.8 Å². The monoisotopic (exact) mass is 263 g/mol. The lowest BCUT2D eigenvalue weighted by atomic mass is 10.3. The van der Waals surface area contributed by atoms with Crippen molar-refractivity contribution >= 4 is 11.3 Å². The molecule has 2 aromatic heterocycles. The average Bonchev–Trinajstić information content (AvgIpc) is 2.90. The lowest BCUT2D eigenvalue weighted by molar-refractivity contribution is 0.579. The Hall–Kier alpha value is -1.20. The predicted molar refractivity (Wildman–Crippen MR) is 71.7 cm³/mol. The fourth-order valence-corrected chi connectivity index (χ4v) is 2.81. The summed E-state index contributed by atoms with van der Waals surface area (Å²) in [5.41, 5.74) is 1.12. The summed E-state index contributed by atoms with van der Waals surface area (Å²) in [6.45, 7) is 3.11. The van der Waals surface area contributed by atoms with Gasteiger partial charge < -0.3 is 9.73 Å². The second kappa shape index (κ2) is 5.20. The van der Waals surface area contributed by atoms with Crippen molar-refractivity contribution in [2.24, 2.45) is 0 Å². The minimum atomic E-state index is 0.792. The molecule has 1 N–H and O–H groups in total. The van der Waals surface area contributed by atoms with Crippen molar-refractivity contribution < 1.29 is 4.42 Å². The highest BCUT2D eigenvalue weighted by molar-refractivity contribution is 7.14. The molecule has 1 aliphatic rings. The quantitative estimate of drug-likeness (QED) is 0.814. The molecule has 2 heterocycles. The van der Waals surface area contributed by atoms with Gasteiger partial charge >= 0.3 is 0 Å². The van der Waals surface area contributed by atoms with Gasteiger partial charge in [0.1, 0.15) is 5.01 Å². The van der Waals surface area contributed by atoms with Gasteiger partial charge in [-0.1, -0.05) is 11.3 Å². The number of rotatable bonds is 6. The molecule has 0 saturated heterocycles. The zero-order chi connectivity index (χ0) is 12.4. The Morgan fingerprint density at radius 2 is 2.33 bits per heavy atom. The molecule has 0 atom stereocenters. The van der Waals surface area contributed by atoms with Crippen molar-refractivity contribution in [3.63, 3.8) is 0 Å². The van der Waals surface area contributed by atoms with Gasteiger partial charge in [-0.15, -0.1) is 10.2 Å². The van der Waals surface area contributed by atoms with Crippen molar-refractivity contribution in [1.29, 1.82) is 0 Å². The van der Waals surface area contributed by atoms with Crippen LogP contribution in [0.25, 0.3) is 10.8 Å². The summed E-state index contributed by atoms with van der Waals surface area (Å²) in [4.78, 5) is 0. The standard InChI is InChI=1S/C13H17N3OS/c1-9-6-8-17-12(9)13-16-15-11(18-13)3-2-7-14-10-4-5-10/h6,8,10,14H,2-5,7H2,1H3. The Kier molecular flexibility index (Phi) is 3.43. The normalized spacial score (nSPS) is 15.2. The molecule has 3 rings (SSSR count). The van der Waals surface area contributed by atoms with E-state index >= 15 is 0 Å². The largest absolute Gasteiger partial charge is 0.461 e. The number of aryl methyl sites for hydroxylation is 2. The van der Waals surface area contributed by atoms with Crippen molar-refractivity contribution in [3.8, 4) is 10.8 Å². The number of nitrogens with zero attached hydrogens (tertiary/aromatic N) is 2. The first-order valence-electron chi connectivity index (χ1n) is 6.43. The zero-order valence-electron chi connectivity index (χ0n) is 10.5. The predicted octanol–water partition coefficient (Wildman–Crippen LogP) is 2.79. The summed E-state index contributed by atoms with van der Waals surface area (Å²) < 4.78 is 5.42. The number of furan rings is 1. The van der Waals surface area contributed by atoms with E-state index in [4.69, 9.17) is 4.42 Å². The second-order valence-corrected chi connectivity index (χ2v) is 5.83. The molecule has 0 radical (unpaired) electrons. The van der Waals surface area contributed by atoms with Gasteiger partial charge in [-0.05, 0) is 44.4 Å². The zero-order valence-corrected chi connectivity index (χ0v) is 11.3. The Morgan fingerprint density at radius 1 is 1.44 bits per heavy atom. The van der Waals surface area contributed by atoms with Crippen LogP contribution >= 0.6 is 11.3 Å². The van der Waals surface area contributed by atoms with Crippen molar-refractivity contribution in [3.05, 3.63) is 22.9 Å². The third kappa shape index (κ3) is 2.79. The van der Waals surface area contributed by atoms with Crippen molar-refractivity contribution in [2.75, 3.05) is 6.54 Å². The number of hydrogen-bond donors (Lipinski definition) is 1. The third-order valence-corrected chi connectivity index (χ3v) is 4.08. The number of nitrogens with one attached hydrogen (secondary N) is 1. The molecule has 96 valence electrons. The molecule has 5 heteroatoms. The van der Waals surface area contributed by atoms with Crippen LogP contribution < -0.4 is 5.32 Å². The van der Waals surface area contributed by atoms with Gasteiger partial charge in [0.05, 0.1) is 6.26 Å². The van der Waals surface area contributed by atoms with Crippen LogP contribution in [-0.2, 0) is 6.42 Å². The summed E-state index contributed by atoms with van der Waals surface area (Å²) in [5, 5.41) is 13.9. The maximum atomic E-state index is 5.42. The first-order valence-corrected chi connectivity index (χ1v) is 7.25. The first kappa shape index (κ1) is 11.9. The van der Waals surface area contributed by atoms with E-state index in [1.54, 1.807) is 17.6 Å². The summed E-state index contributed by atoms with van der Waals surface area (Å²) in [6.07, 6.45) is 6.52. The molecule has 0 amide bonds. The second-order valence-electron chi connectivity index (χ2n) is 4.77. The Morgan fingerprint density at radius 3 is 3.06 bits per heavy atom. The van der Waals surface area contributed by atoms with E-state index < -0.39 is 0 Å². The van der Waals surface area contributed by atoms with Gasteiger partial charge in [0.2, 0.25) is 0 Å². The summed E-state index contributed by atoms with van der Waals surface area (Å²) in [5.74, 6) is 0.856. The van der Waals surface area contributed by atoms with Gasteiger partial charge in [0, 0.05) is 12.5 Å². The molecular formula is C13H17N3OS. The molecule has 0 unspecified atom stereocenters. The smallest absolute Gasteiger partial charge is 0.183 e. The maximum absolute atomic E-state index is 5.42. The van der Waals surface area contributed by atoms with Gasteiger partial charge in [-0.2, -0.15) is 0 Å². The molecule has 18 heavy (non-hydrogen) atoms. The van der Waals surface area contributed by atoms with E-state index in [-0.39, 0.29) is 0 Å². The lowest BCUT2D eigenvalue weighted by Gasteiger charge is -1.99. The Labute approximate surface area is 110 Å². The van der Waals surface area contributed by atoms with E-state index in [0.717, 1.165) is 46.8 Å². The Bertz CT molecular complexity index is 516. The van der Waals surface area contributed by atoms with Crippen LogP contribution in [0.3, 0.4) is 0 Å². The van der Waals surface area contributed by atoms with E-state index in [1.165, 1.54) is 12.8 Å². The van der Waals surface area contributed by atoms with Crippen molar-refractivity contribution in [2.45, 2.75) is 38.6 Å². The average molecular weight is 263 g/mol. The Balaban J connectivity index is 1.54. The van der Waals surface area contributed by atoms with Crippen LogP contribution in [0.15, 0.2) is 16.7 Å². The molecule has 0 aromatic carbocycles. The van der Waals surface area contributed by atoms with E-state index in [0.29, 0.717) is 0 Å². The highest BCUT2D eigenvalue weighted by Gasteiger charge is 2.19. The molecule has 1 saturated carbocycles. The molecular weight excluding hydrogens is 246 g/mol. The van der Waals surface area contributed by atoms with Gasteiger partial charge in [0.25, 0.3) is 0 Å². The topological polar surface area (TPSA) is 51.0 Å². The van der Waals surface area contributed by atoms with Crippen LogP contribution in [0.2, 0.25) is 0 Å². The highest BCUT2D eigenvalue weighted by atomic mass is 32.1. The van der Waals surface area contributed by atoms with Crippen LogP contribution in [-0.4, -0.2) is 22.8 Å². The first-order chi connectivity index (χ1) is 8.83. The molecule has 0 spiro atoms. The van der Waals surface area contributed by atoms with Crippen molar-refractivity contribution in [1.82, 2.24) is 15.5 Å². The van der Waals surface area contributed by atoms with E-state index in [9.17, 15) is 0 Å². The third-order valence-electron chi connectivity index (χ3n) is 3.10. The van der Waals surface area contributed by atoms with Crippen LogP contribution in [0.4, 0.5) is 0 Å². The fourth-order valence-electron chi connectivity index (χ4n) is 1.87. The molecule has 1 aliphatic carbocycles. The summed E-state index contributed by atoms with van der Waals surface area (Å²) >= 11 is 1.64. The van der Waals surface area contributed by atoms with E-state index in [1.807, 2.05) is 13.0 Å². The van der Waals surface area contributed by atoms with Crippen LogP contribution in [0.1, 0.15) is 29.8 Å². The lowest BCUT2D eigenvalue weighted by Crippen LogP contribution is -2.17. The minimum absolute atomic E-state index is 0.792. The maximum Gasteiger partial charge on any atom is 0.183 e. The number of aromatic nitrogens is 2. The van der Waals surface area contributed by atoms with E-state index in [2.05, 4.69) is 15.5 Å². The molecule has 0 aliphatic heterocycles. The van der Waals surface area contributed by atoms with Gasteiger partial charge in [-0.3, -0.25) is 0 Å².